The van der Waals surface area contributed by atoms with Crippen molar-refractivity contribution in [2.45, 2.75) is 0 Å². The number of rotatable bonds is 5. The first-order valence-electron chi connectivity index (χ1n) is 8.82. The molecule has 31 heavy (non-hydrogen) atoms. The lowest BCUT2D eigenvalue weighted by Crippen LogP contribution is -2.54. The van der Waals surface area contributed by atoms with Crippen LogP contribution in [0.1, 0.15) is 15.9 Å². The van der Waals surface area contributed by atoms with Gasteiger partial charge in [0, 0.05) is 0 Å². The van der Waals surface area contributed by atoms with E-state index in [1.54, 1.807) is 0 Å². The Kier molecular flexibility index (Phi) is 6.26. The summed E-state index contributed by atoms with van der Waals surface area (Å²) in [5.41, 5.74) is 0.498. The minimum absolute atomic E-state index is 0.166. The molecule has 2 aromatic rings. The van der Waals surface area contributed by atoms with Crippen molar-refractivity contribution in [2.24, 2.45) is 0 Å². The van der Waals surface area contributed by atoms with Crippen molar-refractivity contribution in [3.05, 3.63) is 58.1 Å². The van der Waals surface area contributed by atoms with Crippen LogP contribution in [0.2, 0.25) is 5.02 Å². The van der Waals surface area contributed by atoms with Crippen molar-refractivity contribution in [3.8, 4) is 11.5 Å². The molecule has 2 aromatic carbocycles. The second-order valence-electron chi connectivity index (χ2n) is 6.23. The second kappa shape index (κ2) is 8.88. The molecule has 3 rings (SSSR count). The van der Waals surface area contributed by atoms with Gasteiger partial charge in [0.1, 0.15) is 5.57 Å². The highest BCUT2D eigenvalue weighted by Crippen LogP contribution is 2.37. The average molecular weight is 445 g/mol. The molecular weight excluding hydrogens is 428 g/mol. The Bertz CT molecular complexity index is 1110. The molecule has 0 saturated carbocycles. The number of anilines is 1. The highest BCUT2D eigenvalue weighted by molar-refractivity contribution is 6.39. The van der Waals surface area contributed by atoms with Gasteiger partial charge in [-0.25, -0.2) is 14.5 Å². The predicted molar refractivity (Wildman–Crippen MR) is 111 cm³/mol. The number of benzene rings is 2. The summed E-state index contributed by atoms with van der Waals surface area (Å²) in [6.07, 6.45) is 1.29. The lowest BCUT2D eigenvalue weighted by atomic mass is 10.1. The van der Waals surface area contributed by atoms with Gasteiger partial charge >= 0.3 is 12.0 Å². The van der Waals surface area contributed by atoms with E-state index in [0.717, 1.165) is 4.90 Å². The molecule has 0 spiro atoms. The first-order chi connectivity index (χ1) is 14.8. The monoisotopic (exact) mass is 444 g/mol. The van der Waals surface area contributed by atoms with Crippen LogP contribution in [0.5, 0.6) is 11.5 Å². The minimum Gasteiger partial charge on any atom is -0.493 e. The first-order valence-corrected chi connectivity index (χ1v) is 9.19. The summed E-state index contributed by atoms with van der Waals surface area (Å²) in [5, 5.41) is 2.33. The number of esters is 1. The third-order valence-corrected chi connectivity index (χ3v) is 4.70. The van der Waals surface area contributed by atoms with Crippen LogP contribution in [0.4, 0.5) is 10.5 Å². The zero-order valence-electron chi connectivity index (χ0n) is 16.7. The van der Waals surface area contributed by atoms with Gasteiger partial charge in [-0.1, -0.05) is 11.6 Å². The summed E-state index contributed by atoms with van der Waals surface area (Å²) in [6, 6.07) is 7.69. The summed E-state index contributed by atoms with van der Waals surface area (Å²) in [7, 11) is 4.08. The van der Waals surface area contributed by atoms with Gasteiger partial charge in [0.25, 0.3) is 11.8 Å². The van der Waals surface area contributed by atoms with Crippen LogP contribution in [0.25, 0.3) is 6.08 Å². The molecule has 0 aliphatic carbocycles. The van der Waals surface area contributed by atoms with Crippen molar-refractivity contribution in [1.82, 2.24) is 5.32 Å². The van der Waals surface area contributed by atoms with E-state index >= 15 is 0 Å². The maximum Gasteiger partial charge on any atom is 0.337 e. The molecular formula is C21H17ClN2O7. The van der Waals surface area contributed by atoms with E-state index in [4.69, 9.17) is 21.1 Å². The lowest BCUT2D eigenvalue weighted by molar-refractivity contribution is -0.122. The third-order valence-electron chi connectivity index (χ3n) is 4.42. The number of carbonyl (C=O) groups excluding carboxylic acids is 4. The number of imide groups is 2. The van der Waals surface area contributed by atoms with Gasteiger partial charge in [0.15, 0.2) is 11.5 Å². The zero-order valence-corrected chi connectivity index (χ0v) is 17.5. The summed E-state index contributed by atoms with van der Waals surface area (Å²) >= 11 is 6.18. The highest BCUT2D eigenvalue weighted by atomic mass is 35.5. The molecule has 9 nitrogen and oxygen atoms in total. The molecule has 1 aliphatic rings. The molecule has 0 unspecified atom stereocenters. The van der Waals surface area contributed by atoms with Crippen LogP contribution in [0.15, 0.2) is 42.0 Å². The van der Waals surface area contributed by atoms with E-state index in [0.29, 0.717) is 17.1 Å². The summed E-state index contributed by atoms with van der Waals surface area (Å²) < 4.78 is 15.0. The van der Waals surface area contributed by atoms with Gasteiger partial charge in [0.05, 0.1) is 37.6 Å². The van der Waals surface area contributed by atoms with Crippen LogP contribution in [-0.2, 0) is 14.3 Å². The Labute approximate surface area is 182 Å². The maximum atomic E-state index is 13.0. The van der Waals surface area contributed by atoms with Crippen LogP contribution >= 0.6 is 11.6 Å². The summed E-state index contributed by atoms with van der Waals surface area (Å²) in [6.45, 7) is 0. The molecule has 1 heterocycles. The molecule has 1 fully saturated rings. The average Bonchev–Trinajstić information content (AvgIpc) is 2.76. The van der Waals surface area contributed by atoms with E-state index in [1.807, 2.05) is 0 Å². The number of hydrogen-bond donors (Lipinski definition) is 1. The number of carbonyl (C=O) groups is 4. The largest absolute Gasteiger partial charge is 0.493 e. The maximum absolute atomic E-state index is 13.0. The molecule has 1 aliphatic heterocycles. The normalized spacial score (nSPS) is 15.0. The van der Waals surface area contributed by atoms with Crippen LogP contribution < -0.4 is 19.7 Å². The van der Waals surface area contributed by atoms with E-state index in [-0.39, 0.29) is 21.8 Å². The van der Waals surface area contributed by atoms with Gasteiger partial charge in [-0.05, 0) is 48.0 Å². The van der Waals surface area contributed by atoms with Gasteiger partial charge in [0.2, 0.25) is 0 Å². The number of methoxy groups -OCH3 is 3. The Morgan fingerprint density at radius 1 is 1.03 bits per heavy atom. The number of nitrogens with zero attached hydrogens (tertiary/aromatic N) is 1. The fraction of sp³-hybridized carbons (Fsp3) is 0.143. The van der Waals surface area contributed by atoms with Gasteiger partial charge in [-0.15, -0.1) is 0 Å². The Morgan fingerprint density at radius 2 is 1.71 bits per heavy atom. The molecule has 0 radical (unpaired) electrons. The van der Waals surface area contributed by atoms with Crippen molar-refractivity contribution >= 4 is 47.2 Å². The number of hydrogen-bond acceptors (Lipinski definition) is 7. The number of urea groups is 1. The number of amides is 4. The number of ether oxygens (including phenoxy) is 3. The smallest absolute Gasteiger partial charge is 0.337 e. The van der Waals surface area contributed by atoms with Crippen LogP contribution in [0.3, 0.4) is 0 Å². The Balaban J connectivity index is 2.00. The quantitative estimate of drug-likeness (QED) is 0.428. The lowest BCUT2D eigenvalue weighted by Gasteiger charge is -2.26. The van der Waals surface area contributed by atoms with Gasteiger partial charge in [-0.2, -0.15) is 0 Å². The first kappa shape index (κ1) is 21.8. The SMILES string of the molecule is COC(=O)c1ccc(N2C(=O)NC(=O)/C(=C\c3cc(Cl)c(OC)c(OC)c3)C2=O)cc1. The predicted octanol–water partition coefficient (Wildman–Crippen LogP) is 2.81. The van der Waals surface area contributed by atoms with E-state index in [2.05, 4.69) is 10.1 Å². The van der Waals surface area contributed by atoms with E-state index in [9.17, 15) is 19.2 Å². The highest BCUT2D eigenvalue weighted by Gasteiger charge is 2.37. The van der Waals surface area contributed by atoms with E-state index in [1.165, 1.54) is 63.8 Å². The summed E-state index contributed by atoms with van der Waals surface area (Å²) in [4.78, 5) is 50.0. The molecule has 0 bridgehead atoms. The summed E-state index contributed by atoms with van der Waals surface area (Å²) in [5.74, 6) is -1.67. The number of halogens is 1. The van der Waals surface area contributed by atoms with Crippen molar-refractivity contribution in [2.75, 3.05) is 26.2 Å². The second-order valence-corrected chi connectivity index (χ2v) is 6.64. The van der Waals surface area contributed by atoms with Crippen molar-refractivity contribution in [1.29, 1.82) is 0 Å². The zero-order chi connectivity index (χ0) is 22.7. The fourth-order valence-electron chi connectivity index (χ4n) is 2.94. The Hall–Kier alpha value is -3.85. The molecule has 1 N–H and O–H groups in total. The van der Waals surface area contributed by atoms with Crippen molar-refractivity contribution < 1.29 is 33.4 Å². The molecule has 1 saturated heterocycles. The molecule has 4 amide bonds. The van der Waals surface area contributed by atoms with E-state index < -0.39 is 23.8 Å². The minimum atomic E-state index is -0.914. The fourth-order valence-corrected chi connectivity index (χ4v) is 3.24. The Morgan fingerprint density at radius 3 is 2.29 bits per heavy atom. The van der Waals surface area contributed by atoms with Gasteiger partial charge < -0.3 is 14.2 Å². The molecule has 0 aromatic heterocycles. The van der Waals surface area contributed by atoms with Crippen LogP contribution in [-0.4, -0.2) is 45.1 Å². The van der Waals surface area contributed by atoms with Gasteiger partial charge in [-0.3, -0.25) is 14.9 Å². The number of nitrogens with one attached hydrogen (secondary N) is 1. The molecule has 0 atom stereocenters. The molecule has 160 valence electrons. The number of barbiturate groups is 1. The van der Waals surface area contributed by atoms with Crippen LogP contribution in [0, 0.1) is 0 Å². The molecule has 10 heteroatoms. The standard InChI is InChI=1S/C21H17ClN2O7/c1-29-16-10-11(9-15(22)17(16)30-2)8-14-18(25)23-21(28)24(19(14)26)13-6-4-12(5-7-13)20(27)31-3/h4-10H,1-3H3,(H,23,25,28)/b14-8+. The third kappa shape index (κ3) is 4.22. The topological polar surface area (TPSA) is 111 Å². The van der Waals surface area contributed by atoms with Crippen molar-refractivity contribution in [3.63, 3.8) is 0 Å².